The molecule has 0 bridgehead atoms. The van der Waals surface area contributed by atoms with Crippen LogP contribution >= 0.6 is 22.6 Å². The van der Waals surface area contributed by atoms with E-state index in [-0.39, 0.29) is 0 Å². The first-order chi connectivity index (χ1) is 10.2. The van der Waals surface area contributed by atoms with Crippen molar-refractivity contribution >= 4 is 22.6 Å². The van der Waals surface area contributed by atoms with Crippen molar-refractivity contribution in [1.82, 2.24) is 0 Å². The summed E-state index contributed by atoms with van der Waals surface area (Å²) >= 11 is 2.30. The van der Waals surface area contributed by atoms with Crippen LogP contribution in [0.1, 0.15) is 36.6 Å². The van der Waals surface area contributed by atoms with Gasteiger partial charge in [0, 0.05) is 9.99 Å². The van der Waals surface area contributed by atoms with Crippen LogP contribution in [0.2, 0.25) is 0 Å². The molecule has 0 radical (unpaired) electrons. The third-order valence-corrected chi connectivity index (χ3v) is 3.70. The summed E-state index contributed by atoms with van der Waals surface area (Å²) in [5.74, 6) is 0.723. The molecule has 1 unspecified atom stereocenters. The van der Waals surface area contributed by atoms with Crippen LogP contribution in [0.3, 0.4) is 0 Å². The lowest BCUT2D eigenvalue weighted by molar-refractivity contribution is 0.261. The first-order valence-corrected chi connectivity index (χ1v) is 8.54. The van der Waals surface area contributed by atoms with Gasteiger partial charge in [0.05, 0.1) is 0 Å². The van der Waals surface area contributed by atoms with Crippen LogP contribution in [0.25, 0.3) is 0 Å². The Morgan fingerprint density at radius 2 is 1.71 bits per heavy atom. The molecule has 0 amide bonds. The van der Waals surface area contributed by atoms with Gasteiger partial charge in [-0.15, -0.1) is 0 Å². The van der Waals surface area contributed by atoms with Gasteiger partial charge in [-0.25, -0.2) is 0 Å². The van der Waals surface area contributed by atoms with Gasteiger partial charge < -0.3 is 4.74 Å². The van der Waals surface area contributed by atoms with E-state index in [0.717, 1.165) is 21.3 Å². The molecule has 110 valence electrons. The van der Waals surface area contributed by atoms with Crippen molar-refractivity contribution in [3.05, 3.63) is 65.2 Å². The van der Waals surface area contributed by atoms with E-state index in [1.807, 2.05) is 69.3 Å². The SMILES string of the molecule is CC.Cc1ccc(OC(C#N)c2ccccc2CI)cc1. The molecule has 0 saturated heterocycles. The lowest BCUT2D eigenvalue weighted by Gasteiger charge is -2.15. The van der Waals surface area contributed by atoms with Crippen molar-refractivity contribution in [2.24, 2.45) is 0 Å². The Bertz CT molecular complexity index is 587. The number of hydrogen-bond acceptors (Lipinski definition) is 2. The molecule has 0 saturated carbocycles. The van der Waals surface area contributed by atoms with E-state index in [4.69, 9.17) is 4.74 Å². The van der Waals surface area contributed by atoms with Crippen molar-refractivity contribution in [2.45, 2.75) is 31.3 Å². The Kier molecular flexibility index (Phi) is 7.84. The molecule has 2 rings (SSSR count). The van der Waals surface area contributed by atoms with Gasteiger partial charge in [0.15, 0.2) is 0 Å². The van der Waals surface area contributed by atoms with Crippen LogP contribution in [0.5, 0.6) is 5.75 Å². The van der Waals surface area contributed by atoms with Gasteiger partial charge in [-0.1, -0.05) is 78.4 Å². The van der Waals surface area contributed by atoms with Crippen molar-refractivity contribution in [1.29, 1.82) is 5.26 Å². The smallest absolute Gasteiger partial charge is 0.209 e. The second kappa shape index (κ2) is 9.41. The molecule has 0 spiro atoms. The molecule has 2 aromatic carbocycles. The first-order valence-electron chi connectivity index (χ1n) is 7.01. The predicted octanol–water partition coefficient (Wildman–Crippen LogP) is 5.60. The Morgan fingerprint density at radius 1 is 1.10 bits per heavy atom. The highest BCUT2D eigenvalue weighted by Gasteiger charge is 2.15. The molecule has 0 heterocycles. The highest BCUT2D eigenvalue weighted by atomic mass is 127. The number of nitriles is 1. The fraction of sp³-hybridized carbons (Fsp3) is 0.278. The average Bonchev–Trinajstić information content (AvgIpc) is 2.56. The molecular weight excluding hydrogens is 373 g/mol. The molecule has 0 fully saturated rings. The fourth-order valence-electron chi connectivity index (χ4n) is 1.82. The Morgan fingerprint density at radius 3 is 2.29 bits per heavy atom. The first kappa shape index (κ1) is 17.5. The minimum absolute atomic E-state index is 0.561. The average molecular weight is 393 g/mol. The maximum Gasteiger partial charge on any atom is 0.209 e. The summed E-state index contributed by atoms with van der Waals surface area (Å²) in [4.78, 5) is 0. The van der Waals surface area contributed by atoms with Crippen LogP contribution in [-0.2, 0) is 4.43 Å². The molecule has 3 heteroatoms. The molecule has 1 atom stereocenters. The number of aryl methyl sites for hydroxylation is 1. The zero-order chi connectivity index (χ0) is 15.7. The molecule has 2 nitrogen and oxygen atoms in total. The molecule has 0 N–H and O–H groups in total. The molecule has 0 aliphatic rings. The second-order valence-electron chi connectivity index (χ2n) is 4.27. The maximum atomic E-state index is 9.34. The summed E-state index contributed by atoms with van der Waals surface area (Å²) in [6, 6.07) is 17.9. The van der Waals surface area contributed by atoms with Crippen LogP contribution in [0.4, 0.5) is 0 Å². The molecule has 0 aromatic heterocycles. The quantitative estimate of drug-likeness (QED) is 0.501. The van der Waals surface area contributed by atoms with E-state index < -0.39 is 6.10 Å². The van der Waals surface area contributed by atoms with Gasteiger partial charge >= 0.3 is 0 Å². The Hall–Kier alpha value is -1.54. The van der Waals surface area contributed by atoms with E-state index in [2.05, 4.69) is 28.7 Å². The van der Waals surface area contributed by atoms with Crippen molar-refractivity contribution in [3.8, 4) is 11.8 Å². The van der Waals surface area contributed by atoms with Crippen molar-refractivity contribution < 1.29 is 4.74 Å². The number of halogens is 1. The van der Waals surface area contributed by atoms with Crippen molar-refractivity contribution in [3.63, 3.8) is 0 Å². The van der Waals surface area contributed by atoms with E-state index >= 15 is 0 Å². The van der Waals surface area contributed by atoms with Crippen LogP contribution in [0.15, 0.2) is 48.5 Å². The summed E-state index contributed by atoms with van der Waals surface area (Å²) in [5.41, 5.74) is 3.26. The van der Waals surface area contributed by atoms with Gasteiger partial charge in [0.25, 0.3) is 0 Å². The summed E-state index contributed by atoms with van der Waals surface area (Å²) < 4.78 is 6.65. The number of hydrogen-bond donors (Lipinski definition) is 0. The van der Waals surface area contributed by atoms with E-state index in [1.54, 1.807) is 0 Å². The number of alkyl halides is 1. The lowest BCUT2D eigenvalue weighted by atomic mass is 10.0. The van der Waals surface area contributed by atoms with E-state index in [9.17, 15) is 5.26 Å². The maximum absolute atomic E-state index is 9.34. The molecule has 0 aliphatic heterocycles. The topological polar surface area (TPSA) is 33.0 Å². The molecule has 0 aliphatic carbocycles. The molecular formula is C18H20INO. The number of benzene rings is 2. The number of ether oxygens (including phenoxy) is 1. The summed E-state index contributed by atoms with van der Waals surface area (Å²) in [7, 11) is 0. The Labute approximate surface area is 140 Å². The largest absolute Gasteiger partial charge is 0.471 e. The monoisotopic (exact) mass is 393 g/mol. The third-order valence-electron chi connectivity index (χ3n) is 2.87. The van der Waals surface area contributed by atoms with Crippen LogP contribution in [-0.4, -0.2) is 0 Å². The number of rotatable bonds is 4. The summed E-state index contributed by atoms with van der Waals surface area (Å²) in [6.45, 7) is 6.02. The van der Waals surface area contributed by atoms with E-state index in [0.29, 0.717) is 0 Å². The van der Waals surface area contributed by atoms with Crippen molar-refractivity contribution in [2.75, 3.05) is 0 Å². The zero-order valence-corrected chi connectivity index (χ0v) is 14.8. The van der Waals surface area contributed by atoms with E-state index in [1.165, 1.54) is 5.56 Å². The van der Waals surface area contributed by atoms with Gasteiger partial charge in [0.1, 0.15) is 11.8 Å². The van der Waals surface area contributed by atoms with Crippen LogP contribution < -0.4 is 4.74 Å². The summed E-state index contributed by atoms with van der Waals surface area (Å²) in [5, 5.41) is 9.34. The lowest BCUT2D eigenvalue weighted by Crippen LogP contribution is -2.07. The minimum Gasteiger partial charge on any atom is -0.471 e. The predicted molar refractivity (Wildman–Crippen MR) is 95.7 cm³/mol. The highest BCUT2D eigenvalue weighted by Crippen LogP contribution is 2.25. The normalized spacial score (nSPS) is 10.8. The Balaban J connectivity index is 0.00000106. The second-order valence-corrected chi connectivity index (χ2v) is 5.04. The highest BCUT2D eigenvalue weighted by molar-refractivity contribution is 14.1. The summed E-state index contributed by atoms with van der Waals surface area (Å²) in [6.07, 6.45) is -0.561. The van der Waals surface area contributed by atoms with Gasteiger partial charge in [-0.05, 0) is 24.6 Å². The van der Waals surface area contributed by atoms with Crippen LogP contribution in [0, 0.1) is 18.3 Å². The van der Waals surface area contributed by atoms with Gasteiger partial charge in [-0.2, -0.15) is 5.26 Å². The standard InChI is InChI=1S/C16H14INO.C2H6/c1-12-6-8-14(9-7-12)19-16(11-18)15-5-3-2-4-13(15)10-17;1-2/h2-9,16H,10H2,1H3;1-2H3. The van der Waals surface area contributed by atoms with Gasteiger partial charge in [-0.3, -0.25) is 0 Å². The zero-order valence-electron chi connectivity index (χ0n) is 12.6. The molecule has 21 heavy (non-hydrogen) atoms. The minimum atomic E-state index is -0.561. The van der Waals surface area contributed by atoms with Gasteiger partial charge in [0.2, 0.25) is 6.10 Å². The number of nitrogens with zero attached hydrogens (tertiary/aromatic N) is 1. The molecule has 2 aromatic rings. The third kappa shape index (κ3) is 5.05. The fourth-order valence-corrected chi connectivity index (χ4v) is 2.52.